The van der Waals surface area contributed by atoms with Crippen molar-refractivity contribution in [3.63, 3.8) is 0 Å². The Morgan fingerprint density at radius 1 is 1.12 bits per heavy atom. The fourth-order valence-electron chi connectivity index (χ4n) is 3.45. The van der Waals surface area contributed by atoms with Gasteiger partial charge in [0.1, 0.15) is 6.04 Å². The maximum absolute atomic E-state index is 12.4. The molecule has 0 bridgehead atoms. The van der Waals surface area contributed by atoms with E-state index < -0.39 is 12.1 Å². The first-order chi connectivity index (χ1) is 12.0. The molecule has 2 rings (SSSR count). The monoisotopic (exact) mass is 355 g/mol. The van der Waals surface area contributed by atoms with E-state index in [0.717, 1.165) is 38.5 Å². The first-order valence-corrected chi connectivity index (χ1v) is 9.13. The predicted octanol–water partition coefficient (Wildman–Crippen LogP) is 1.78. The number of methoxy groups -OCH3 is 1. The van der Waals surface area contributed by atoms with Gasteiger partial charge < -0.3 is 25.0 Å². The molecule has 142 valence electrons. The number of unbranched alkanes of at least 4 members (excludes halogenated alkanes) is 1. The number of hydrogen-bond acceptors (Lipinski definition) is 5. The van der Waals surface area contributed by atoms with Crippen LogP contribution in [0.4, 0.5) is 9.59 Å². The van der Waals surface area contributed by atoms with E-state index >= 15 is 0 Å². The molecular formula is C17H29N3O5. The summed E-state index contributed by atoms with van der Waals surface area (Å²) >= 11 is 0. The average molecular weight is 355 g/mol. The van der Waals surface area contributed by atoms with E-state index in [-0.39, 0.29) is 24.1 Å². The summed E-state index contributed by atoms with van der Waals surface area (Å²) in [7, 11) is 1.29. The van der Waals surface area contributed by atoms with Crippen LogP contribution in [0, 0.1) is 0 Å². The lowest BCUT2D eigenvalue weighted by molar-refractivity contribution is -0.131. The largest absolute Gasteiger partial charge is 0.453 e. The molecule has 1 atom stereocenters. The highest BCUT2D eigenvalue weighted by Gasteiger charge is 2.38. The molecule has 8 nitrogen and oxygen atoms in total. The van der Waals surface area contributed by atoms with E-state index in [9.17, 15) is 14.4 Å². The fraction of sp³-hybridized carbons (Fsp3) is 0.824. The molecule has 2 N–H and O–H groups in total. The molecule has 25 heavy (non-hydrogen) atoms. The molecule has 1 saturated carbocycles. The molecule has 1 heterocycles. The molecule has 1 aliphatic carbocycles. The maximum atomic E-state index is 12.4. The molecule has 0 radical (unpaired) electrons. The van der Waals surface area contributed by atoms with Crippen molar-refractivity contribution in [3.05, 3.63) is 0 Å². The van der Waals surface area contributed by atoms with Gasteiger partial charge in [-0.05, 0) is 38.5 Å². The number of nitrogens with one attached hydrogen (secondary N) is 2. The van der Waals surface area contributed by atoms with Gasteiger partial charge in [0, 0.05) is 18.6 Å². The minimum absolute atomic E-state index is 0.0409. The second-order valence-corrected chi connectivity index (χ2v) is 6.65. The number of likely N-dealkylation sites (tertiary alicyclic amines) is 1. The van der Waals surface area contributed by atoms with Crippen LogP contribution < -0.4 is 10.6 Å². The summed E-state index contributed by atoms with van der Waals surface area (Å²) in [5.41, 5.74) is 0. The van der Waals surface area contributed by atoms with Crippen molar-refractivity contribution in [1.82, 2.24) is 15.5 Å². The topological polar surface area (TPSA) is 97.0 Å². The summed E-state index contributed by atoms with van der Waals surface area (Å²) in [6.07, 6.45) is 4.89. The van der Waals surface area contributed by atoms with E-state index in [0.29, 0.717) is 19.6 Å². The third-order valence-corrected chi connectivity index (χ3v) is 4.91. The highest BCUT2D eigenvalue weighted by atomic mass is 16.5. The second kappa shape index (κ2) is 9.48. The summed E-state index contributed by atoms with van der Waals surface area (Å²) in [5, 5.41) is 5.49. The summed E-state index contributed by atoms with van der Waals surface area (Å²) < 4.78 is 9.68. The Morgan fingerprint density at radius 3 is 2.48 bits per heavy atom. The van der Waals surface area contributed by atoms with Crippen molar-refractivity contribution in [2.75, 3.05) is 20.3 Å². The van der Waals surface area contributed by atoms with Crippen LogP contribution in [0.5, 0.6) is 0 Å². The standard InChI is InChI=1S/C17H29N3O5/c1-3-4-11-25-17(23)18-12-5-7-13(8-6-12)20-10-9-14(15(20)21)19-16(22)24-2/h12-14H,3-11H2,1-2H3,(H,18,23)(H,19,22)/t12-,13-,14-/m1/s1. The Hall–Kier alpha value is -1.99. The molecule has 2 fully saturated rings. The lowest BCUT2D eigenvalue weighted by atomic mass is 9.90. The van der Waals surface area contributed by atoms with Gasteiger partial charge in [0.05, 0.1) is 13.7 Å². The van der Waals surface area contributed by atoms with Crippen molar-refractivity contribution in [1.29, 1.82) is 0 Å². The Labute approximate surface area is 148 Å². The summed E-state index contributed by atoms with van der Waals surface area (Å²) in [6.45, 7) is 3.15. The molecule has 3 amide bonds. The molecule has 0 unspecified atom stereocenters. The Balaban J connectivity index is 1.72. The van der Waals surface area contributed by atoms with Gasteiger partial charge in [-0.15, -0.1) is 0 Å². The molecule has 0 aromatic heterocycles. The minimum atomic E-state index is -0.574. The van der Waals surface area contributed by atoms with Crippen molar-refractivity contribution < 1.29 is 23.9 Å². The smallest absolute Gasteiger partial charge is 0.407 e. The molecule has 2 aliphatic rings. The third kappa shape index (κ3) is 5.51. The molecule has 1 aliphatic heterocycles. The molecule has 8 heteroatoms. The Bertz CT molecular complexity index is 477. The van der Waals surface area contributed by atoms with Gasteiger partial charge in [0.15, 0.2) is 0 Å². The summed E-state index contributed by atoms with van der Waals surface area (Å²) in [6, 6.07) is -0.213. The Kier molecular flexibility index (Phi) is 7.33. The zero-order chi connectivity index (χ0) is 18.2. The number of hydrogen-bond donors (Lipinski definition) is 2. The van der Waals surface area contributed by atoms with E-state index in [1.165, 1.54) is 7.11 Å². The zero-order valence-electron chi connectivity index (χ0n) is 15.1. The minimum Gasteiger partial charge on any atom is -0.453 e. The van der Waals surface area contributed by atoms with E-state index in [2.05, 4.69) is 15.4 Å². The van der Waals surface area contributed by atoms with E-state index in [4.69, 9.17) is 4.74 Å². The van der Waals surface area contributed by atoms with Gasteiger partial charge in [-0.3, -0.25) is 4.79 Å². The SMILES string of the molecule is CCCCOC(=O)N[C@H]1CC[C@H](N2CC[C@@H](NC(=O)OC)C2=O)CC1. The van der Waals surface area contributed by atoms with Crippen molar-refractivity contribution in [2.45, 2.75) is 70.0 Å². The lowest BCUT2D eigenvalue weighted by Crippen LogP contribution is -2.47. The fourth-order valence-corrected chi connectivity index (χ4v) is 3.45. The van der Waals surface area contributed by atoms with Crippen molar-refractivity contribution in [3.8, 4) is 0 Å². The van der Waals surface area contributed by atoms with Crippen molar-refractivity contribution in [2.24, 2.45) is 0 Å². The normalized spacial score (nSPS) is 26.2. The van der Waals surface area contributed by atoms with Crippen LogP contribution in [0.1, 0.15) is 51.9 Å². The highest BCUT2D eigenvalue weighted by molar-refractivity contribution is 5.87. The Morgan fingerprint density at radius 2 is 1.84 bits per heavy atom. The predicted molar refractivity (Wildman–Crippen MR) is 91.1 cm³/mol. The van der Waals surface area contributed by atoms with Crippen LogP contribution in [0.15, 0.2) is 0 Å². The number of carbonyl (C=O) groups is 3. The maximum Gasteiger partial charge on any atom is 0.407 e. The van der Waals surface area contributed by atoms with Crippen LogP contribution in [-0.2, 0) is 14.3 Å². The number of carbonyl (C=O) groups excluding carboxylic acids is 3. The summed E-state index contributed by atoms with van der Waals surface area (Å²) in [5.74, 6) is -0.0409. The highest BCUT2D eigenvalue weighted by Crippen LogP contribution is 2.27. The van der Waals surface area contributed by atoms with Gasteiger partial charge in [0.25, 0.3) is 0 Å². The number of rotatable bonds is 6. The van der Waals surface area contributed by atoms with E-state index in [1.54, 1.807) is 0 Å². The first kappa shape index (κ1) is 19.3. The molecule has 0 aromatic carbocycles. The van der Waals surface area contributed by atoms with Gasteiger partial charge in [-0.1, -0.05) is 13.3 Å². The first-order valence-electron chi connectivity index (χ1n) is 9.13. The zero-order valence-corrected chi connectivity index (χ0v) is 15.1. The quantitative estimate of drug-likeness (QED) is 0.708. The van der Waals surface area contributed by atoms with Crippen molar-refractivity contribution >= 4 is 18.1 Å². The van der Waals surface area contributed by atoms with Crippen LogP contribution in [0.25, 0.3) is 0 Å². The number of nitrogens with zero attached hydrogens (tertiary/aromatic N) is 1. The van der Waals surface area contributed by atoms with Crippen LogP contribution >= 0.6 is 0 Å². The van der Waals surface area contributed by atoms with Gasteiger partial charge in [0.2, 0.25) is 5.91 Å². The number of ether oxygens (including phenoxy) is 2. The molecule has 0 spiro atoms. The van der Waals surface area contributed by atoms with Crippen LogP contribution in [0.3, 0.4) is 0 Å². The van der Waals surface area contributed by atoms with Crippen LogP contribution in [-0.4, -0.2) is 61.4 Å². The van der Waals surface area contributed by atoms with Gasteiger partial charge in [-0.25, -0.2) is 9.59 Å². The van der Waals surface area contributed by atoms with Gasteiger partial charge >= 0.3 is 12.2 Å². The van der Waals surface area contributed by atoms with E-state index in [1.807, 2.05) is 11.8 Å². The molecular weight excluding hydrogens is 326 g/mol. The third-order valence-electron chi connectivity index (χ3n) is 4.91. The van der Waals surface area contributed by atoms with Gasteiger partial charge in [-0.2, -0.15) is 0 Å². The molecule has 0 aromatic rings. The van der Waals surface area contributed by atoms with Crippen LogP contribution in [0.2, 0.25) is 0 Å². The molecule has 1 saturated heterocycles. The number of amides is 3. The lowest BCUT2D eigenvalue weighted by Gasteiger charge is -2.34. The number of alkyl carbamates (subject to hydrolysis) is 2. The average Bonchev–Trinajstić information content (AvgIpc) is 2.96. The summed E-state index contributed by atoms with van der Waals surface area (Å²) in [4.78, 5) is 37.3. The second-order valence-electron chi connectivity index (χ2n) is 6.65.